The average Bonchev–Trinajstić information content (AvgIpc) is 3.04. The number of benzene rings is 4. The Hall–Kier alpha value is -4.50. The smallest absolute Gasteiger partial charge is 0.264 e. The second-order valence-electron chi connectivity index (χ2n) is 11.6. The summed E-state index contributed by atoms with van der Waals surface area (Å²) in [6, 6.07) is 26.0. The van der Waals surface area contributed by atoms with Gasteiger partial charge in [0.1, 0.15) is 18.4 Å². The summed E-state index contributed by atoms with van der Waals surface area (Å²) in [6.07, 6.45) is 1.77. The Balaban J connectivity index is 1.81. The summed E-state index contributed by atoms with van der Waals surface area (Å²) in [5.74, 6) is -1.55. The standard InChI is InChI=1S/C37H42FN3O4S/c1-5-6-22-39-37(43)35(24-30-12-8-7-9-13-30)40(25-31-14-10-11-15-34(31)38)36(42)26-41(32-19-18-28(3)29(4)23-32)46(44,45)33-20-16-27(2)17-21-33/h7-21,23,35H,5-6,22,24-26H2,1-4H3,(H,39,43). The summed E-state index contributed by atoms with van der Waals surface area (Å²) in [5.41, 5.74) is 4.05. The van der Waals surface area contributed by atoms with E-state index in [0.717, 1.165) is 39.4 Å². The Morgan fingerprint density at radius 2 is 1.52 bits per heavy atom. The molecule has 4 rings (SSSR count). The minimum absolute atomic E-state index is 0.0305. The van der Waals surface area contributed by atoms with Crippen LogP contribution in [0.5, 0.6) is 0 Å². The van der Waals surface area contributed by atoms with Crippen LogP contribution in [0.3, 0.4) is 0 Å². The third kappa shape index (κ3) is 8.60. The maximum atomic E-state index is 15.1. The Labute approximate surface area is 272 Å². The van der Waals surface area contributed by atoms with Crippen molar-refractivity contribution in [1.82, 2.24) is 10.2 Å². The highest BCUT2D eigenvalue weighted by Gasteiger charge is 2.35. The van der Waals surface area contributed by atoms with Gasteiger partial charge in [0.2, 0.25) is 11.8 Å². The number of carbonyl (C=O) groups is 2. The number of amides is 2. The Bertz CT molecular complexity index is 1740. The van der Waals surface area contributed by atoms with E-state index in [4.69, 9.17) is 0 Å². The van der Waals surface area contributed by atoms with Crippen molar-refractivity contribution >= 4 is 27.5 Å². The highest BCUT2D eigenvalue weighted by molar-refractivity contribution is 7.92. The summed E-state index contributed by atoms with van der Waals surface area (Å²) in [6.45, 7) is 7.26. The molecule has 0 spiro atoms. The third-order valence-electron chi connectivity index (χ3n) is 8.07. The van der Waals surface area contributed by atoms with Crippen molar-refractivity contribution in [3.05, 3.63) is 131 Å². The number of rotatable bonds is 14. The number of aryl methyl sites for hydroxylation is 3. The lowest BCUT2D eigenvalue weighted by molar-refractivity contribution is -0.140. The van der Waals surface area contributed by atoms with Crippen molar-refractivity contribution in [3.8, 4) is 0 Å². The van der Waals surface area contributed by atoms with Crippen LogP contribution in [0.1, 0.15) is 47.6 Å². The molecule has 0 aliphatic carbocycles. The Kier molecular flexibility index (Phi) is 11.7. The van der Waals surface area contributed by atoms with E-state index in [0.29, 0.717) is 12.2 Å². The lowest BCUT2D eigenvalue weighted by Gasteiger charge is -2.34. The van der Waals surface area contributed by atoms with E-state index in [-0.39, 0.29) is 29.3 Å². The lowest BCUT2D eigenvalue weighted by Crippen LogP contribution is -2.53. The average molecular weight is 644 g/mol. The predicted molar refractivity (Wildman–Crippen MR) is 180 cm³/mol. The molecule has 1 unspecified atom stereocenters. The molecule has 46 heavy (non-hydrogen) atoms. The zero-order valence-electron chi connectivity index (χ0n) is 26.9. The molecule has 7 nitrogen and oxygen atoms in total. The first-order chi connectivity index (χ1) is 22.0. The molecule has 9 heteroatoms. The number of hydrogen-bond donors (Lipinski definition) is 1. The second-order valence-corrected chi connectivity index (χ2v) is 13.4. The van der Waals surface area contributed by atoms with Gasteiger partial charge in [-0.25, -0.2) is 12.8 Å². The summed E-state index contributed by atoms with van der Waals surface area (Å²) in [4.78, 5) is 29.7. The number of sulfonamides is 1. The van der Waals surface area contributed by atoms with Crippen molar-refractivity contribution in [1.29, 1.82) is 0 Å². The minimum Gasteiger partial charge on any atom is -0.354 e. The number of nitrogens with one attached hydrogen (secondary N) is 1. The molecule has 0 aliphatic rings. The van der Waals surface area contributed by atoms with Crippen LogP contribution in [0.25, 0.3) is 0 Å². The Morgan fingerprint density at radius 3 is 2.17 bits per heavy atom. The third-order valence-corrected chi connectivity index (χ3v) is 9.85. The van der Waals surface area contributed by atoms with Crippen molar-refractivity contribution in [2.45, 2.75) is 64.4 Å². The van der Waals surface area contributed by atoms with Gasteiger partial charge in [-0.1, -0.05) is 85.6 Å². The fourth-order valence-corrected chi connectivity index (χ4v) is 6.52. The van der Waals surface area contributed by atoms with Crippen LogP contribution < -0.4 is 9.62 Å². The fourth-order valence-electron chi connectivity index (χ4n) is 5.12. The number of hydrogen-bond acceptors (Lipinski definition) is 4. The zero-order valence-corrected chi connectivity index (χ0v) is 27.7. The van der Waals surface area contributed by atoms with Gasteiger partial charge in [-0.2, -0.15) is 0 Å². The molecule has 0 aliphatic heterocycles. The van der Waals surface area contributed by atoms with Gasteiger partial charge < -0.3 is 10.2 Å². The summed E-state index contributed by atoms with van der Waals surface area (Å²) in [5, 5.41) is 2.94. The first-order valence-electron chi connectivity index (χ1n) is 15.5. The van der Waals surface area contributed by atoms with Crippen LogP contribution >= 0.6 is 0 Å². The lowest BCUT2D eigenvalue weighted by atomic mass is 10.0. The quantitative estimate of drug-likeness (QED) is 0.159. The molecule has 0 radical (unpaired) electrons. The fraction of sp³-hybridized carbons (Fsp3) is 0.297. The largest absolute Gasteiger partial charge is 0.354 e. The second kappa shape index (κ2) is 15.7. The van der Waals surface area contributed by atoms with Gasteiger partial charge >= 0.3 is 0 Å². The number of carbonyl (C=O) groups excluding carboxylic acids is 2. The number of anilines is 1. The molecule has 0 aromatic heterocycles. The summed E-state index contributed by atoms with van der Waals surface area (Å²) >= 11 is 0. The predicted octanol–water partition coefficient (Wildman–Crippen LogP) is 6.50. The van der Waals surface area contributed by atoms with Gasteiger partial charge in [0.15, 0.2) is 0 Å². The number of unbranched alkanes of at least 4 members (excludes halogenated alkanes) is 1. The maximum Gasteiger partial charge on any atom is 0.264 e. The first kappa shape index (κ1) is 34.4. The van der Waals surface area contributed by atoms with E-state index in [1.54, 1.807) is 42.5 Å². The molecule has 0 heterocycles. The van der Waals surface area contributed by atoms with E-state index < -0.39 is 34.3 Å². The van der Waals surface area contributed by atoms with Gasteiger partial charge in [-0.15, -0.1) is 0 Å². The van der Waals surface area contributed by atoms with E-state index in [1.165, 1.54) is 23.1 Å². The Morgan fingerprint density at radius 1 is 0.848 bits per heavy atom. The molecule has 0 saturated heterocycles. The van der Waals surface area contributed by atoms with Gasteiger partial charge in [-0.3, -0.25) is 13.9 Å². The van der Waals surface area contributed by atoms with Crippen molar-refractivity contribution in [3.63, 3.8) is 0 Å². The summed E-state index contributed by atoms with van der Waals surface area (Å²) in [7, 11) is -4.22. The molecule has 2 amide bonds. The minimum atomic E-state index is -4.22. The van der Waals surface area contributed by atoms with Crippen LogP contribution in [0.15, 0.2) is 102 Å². The van der Waals surface area contributed by atoms with Crippen LogP contribution in [-0.2, 0) is 32.6 Å². The molecule has 4 aromatic carbocycles. The van der Waals surface area contributed by atoms with E-state index in [9.17, 15) is 18.0 Å². The topological polar surface area (TPSA) is 86.8 Å². The van der Waals surface area contributed by atoms with Crippen LogP contribution in [0.2, 0.25) is 0 Å². The van der Waals surface area contributed by atoms with Crippen molar-refractivity contribution in [2.24, 2.45) is 0 Å². The van der Waals surface area contributed by atoms with Crippen molar-refractivity contribution < 1.29 is 22.4 Å². The van der Waals surface area contributed by atoms with E-state index in [2.05, 4.69) is 5.32 Å². The molecule has 242 valence electrons. The first-order valence-corrected chi connectivity index (χ1v) is 17.0. The number of nitrogens with zero attached hydrogens (tertiary/aromatic N) is 2. The van der Waals surface area contributed by atoms with Crippen molar-refractivity contribution in [2.75, 3.05) is 17.4 Å². The van der Waals surface area contributed by atoms with Gasteiger partial charge in [-0.05, 0) is 74.2 Å². The van der Waals surface area contributed by atoms with Gasteiger partial charge in [0.25, 0.3) is 10.0 Å². The molecule has 4 aromatic rings. The molecule has 0 bridgehead atoms. The summed E-state index contributed by atoms with van der Waals surface area (Å²) < 4.78 is 44.5. The molecule has 0 saturated carbocycles. The van der Waals surface area contributed by atoms with Crippen LogP contribution in [-0.4, -0.2) is 44.3 Å². The van der Waals surface area contributed by atoms with Crippen LogP contribution in [0, 0.1) is 26.6 Å². The van der Waals surface area contributed by atoms with Gasteiger partial charge in [0, 0.05) is 25.1 Å². The van der Waals surface area contributed by atoms with E-state index >= 15 is 4.39 Å². The molecular formula is C37H42FN3O4S. The molecular weight excluding hydrogens is 601 g/mol. The van der Waals surface area contributed by atoms with E-state index in [1.807, 2.05) is 64.1 Å². The number of halogens is 1. The monoisotopic (exact) mass is 643 g/mol. The molecule has 1 atom stereocenters. The molecule has 1 N–H and O–H groups in total. The zero-order chi connectivity index (χ0) is 33.3. The molecule has 0 fully saturated rings. The SMILES string of the molecule is CCCCNC(=O)C(Cc1ccccc1)N(Cc1ccccc1F)C(=O)CN(c1ccc(C)c(C)c1)S(=O)(=O)c1ccc(C)cc1. The highest BCUT2D eigenvalue weighted by Crippen LogP contribution is 2.27. The van der Waals surface area contributed by atoms with Gasteiger partial charge in [0.05, 0.1) is 10.6 Å². The maximum absolute atomic E-state index is 15.1. The highest BCUT2D eigenvalue weighted by atomic mass is 32.2. The van der Waals surface area contributed by atoms with Crippen LogP contribution in [0.4, 0.5) is 10.1 Å². The normalized spacial score (nSPS) is 11.9.